The lowest BCUT2D eigenvalue weighted by Crippen LogP contribution is -2.15. The van der Waals surface area contributed by atoms with Gasteiger partial charge in [-0.1, -0.05) is 36.4 Å². The number of methoxy groups -OCH3 is 1. The van der Waals surface area contributed by atoms with Gasteiger partial charge in [-0.2, -0.15) is 11.8 Å². The molecule has 156 valence electrons. The highest BCUT2D eigenvalue weighted by atomic mass is 32.2. The van der Waals surface area contributed by atoms with Gasteiger partial charge in [0.1, 0.15) is 5.78 Å². The van der Waals surface area contributed by atoms with Crippen LogP contribution in [-0.2, 0) is 22.6 Å². The van der Waals surface area contributed by atoms with Gasteiger partial charge in [-0.05, 0) is 54.2 Å². The standard InChI is InChI=1S/C23H34O4S/c1-27-17-19-6-4-5-18(15-19)16-21(25)9-7-20-8-10-23(26)22(20)11-14-28-13-3-2-12-24/h4-7,9,15,20-22,24-25H,2-3,8,10-14,16-17H2,1H3/b9-7+/t20-,21+,22+/m0/s1. The quantitative estimate of drug-likeness (QED) is 0.385. The highest BCUT2D eigenvalue weighted by molar-refractivity contribution is 7.99. The van der Waals surface area contributed by atoms with Crippen molar-refractivity contribution in [3.05, 3.63) is 47.5 Å². The summed E-state index contributed by atoms with van der Waals surface area (Å²) in [5, 5.41) is 19.2. The van der Waals surface area contributed by atoms with Crippen molar-refractivity contribution in [1.29, 1.82) is 0 Å². The van der Waals surface area contributed by atoms with E-state index in [9.17, 15) is 9.90 Å². The van der Waals surface area contributed by atoms with Crippen LogP contribution in [0, 0.1) is 11.8 Å². The normalized spacial score (nSPS) is 20.9. The molecule has 4 nitrogen and oxygen atoms in total. The van der Waals surface area contributed by atoms with E-state index in [-0.39, 0.29) is 18.4 Å². The van der Waals surface area contributed by atoms with Gasteiger partial charge in [-0.25, -0.2) is 0 Å². The van der Waals surface area contributed by atoms with Crippen LogP contribution in [-0.4, -0.2) is 47.3 Å². The molecule has 0 aliphatic heterocycles. The molecule has 0 amide bonds. The highest BCUT2D eigenvalue weighted by Crippen LogP contribution is 2.33. The zero-order valence-electron chi connectivity index (χ0n) is 16.9. The summed E-state index contributed by atoms with van der Waals surface area (Å²) >= 11 is 1.87. The molecule has 2 N–H and O–H groups in total. The summed E-state index contributed by atoms with van der Waals surface area (Å²) in [7, 11) is 1.68. The molecule has 1 aliphatic carbocycles. The summed E-state index contributed by atoms with van der Waals surface area (Å²) in [6.45, 7) is 0.831. The Morgan fingerprint density at radius 1 is 1.29 bits per heavy atom. The van der Waals surface area contributed by atoms with E-state index in [1.165, 1.54) is 0 Å². The Balaban J connectivity index is 1.80. The first-order valence-electron chi connectivity index (χ1n) is 10.3. The largest absolute Gasteiger partial charge is 0.396 e. The summed E-state index contributed by atoms with van der Waals surface area (Å²) in [4.78, 5) is 12.2. The van der Waals surface area contributed by atoms with Gasteiger partial charge in [-0.3, -0.25) is 4.79 Å². The van der Waals surface area contributed by atoms with Gasteiger partial charge < -0.3 is 14.9 Å². The number of carbonyl (C=O) groups is 1. The topological polar surface area (TPSA) is 66.8 Å². The molecule has 1 aromatic rings. The van der Waals surface area contributed by atoms with Crippen LogP contribution in [0.25, 0.3) is 0 Å². The summed E-state index contributed by atoms with van der Waals surface area (Å²) in [5.41, 5.74) is 2.19. The number of aliphatic hydroxyl groups excluding tert-OH is 2. The predicted octanol–water partition coefficient (Wildman–Crippen LogP) is 3.78. The molecule has 5 heteroatoms. The zero-order chi connectivity index (χ0) is 20.2. The number of aliphatic hydroxyl groups is 2. The van der Waals surface area contributed by atoms with Gasteiger partial charge in [0.15, 0.2) is 0 Å². The third-order valence-corrected chi connectivity index (χ3v) is 6.35. The molecule has 0 saturated heterocycles. The van der Waals surface area contributed by atoms with Crippen LogP contribution in [0.15, 0.2) is 36.4 Å². The Kier molecular flexibility index (Phi) is 10.9. The Hall–Kier alpha value is -1.14. The molecule has 2 rings (SSSR count). The van der Waals surface area contributed by atoms with Crippen molar-refractivity contribution in [2.45, 2.75) is 51.2 Å². The number of ketones is 1. The molecule has 0 spiro atoms. The number of Topliss-reactive ketones (excluding diaryl/α,β-unsaturated/α-hetero) is 1. The average Bonchev–Trinajstić information content (AvgIpc) is 3.03. The van der Waals surface area contributed by atoms with E-state index in [0.717, 1.165) is 48.3 Å². The lowest BCUT2D eigenvalue weighted by molar-refractivity contribution is -0.121. The minimum atomic E-state index is -0.540. The first-order chi connectivity index (χ1) is 13.6. The van der Waals surface area contributed by atoms with E-state index in [1.54, 1.807) is 7.11 Å². The van der Waals surface area contributed by atoms with E-state index < -0.39 is 6.10 Å². The number of hydrogen-bond acceptors (Lipinski definition) is 5. The minimum Gasteiger partial charge on any atom is -0.396 e. The Labute approximate surface area is 173 Å². The van der Waals surface area contributed by atoms with E-state index in [0.29, 0.717) is 25.2 Å². The summed E-state index contributed by atoms with van der Waals surface area (Å²) in [6, 6.07) is 8.10. The van der Waals surface area contributed by atoms with Crippen molar-refractivity contribution in [2.75, 3.05) is 25.2 Å². The predicted molar refractivity (Wildman–Crippen MR) is 115 cm³/mol. The van der Waals surface area contributed by atoms with Gasteiger partial charge in [0.05, 0.1) is 12.7 Å². The lowest BCUT2D eigenvalue weighted by atomic mass is 9.92. The number of ether oxygens (including phenoxy) is 1. The molecule has 0 radical (unpaired) electrons. The number of thioether (sulfide) groups is 1. The Morgan fingerprint density at radius 2 is 2.11 bits per heavy atom. The summed E-state index contributed by atoms with van der Waals surface area (Å²) in [5.74, 6) is 2.75. The van der Waals surface area contributed by atoms with Crippen molar-refractivity contribution in [1.82, 2.24) is 0 Å². The maximum atomic E-state index is 12.2. The Morgan fingerprint density at radius 3 is 2.89 bits per heavy atom. The number of rotatable bonds is 13. The van der Waals surface area contributed by atoms with E-state index in [2.05, 4.69) is 12.1 Å². The van der Waals surface area contributed by atoms with Crippen LogP contribution in [0.2, 0.25) is 0 Å². The second-order valence-corrected chi connectivity index (χ2v) is 8.74. The number of unbranched alkanes of at least 4 members (excludes halogenated alkanes) is 1. The van der Waals surface area contributed by atoms with Crippen molar-refractivity contribution >= 4 is 17.5 Å². The van der Waals surface area contributed by atoms with Crippen LogP contribution >= 0.6 is 11.8 Å². The second kappa shape index (κ2) is 13.2. The van der Waals surface area contributed by atoms with Crippen molar-refractivity contribution in [2.24, 2.45) is 11.8 Å². The molecule has 1 aliphatic rings. The SMILES string of the molecule is COCc1cccc(C[C@H](O)/C=C/[C@H]2CCC(=O)[C@@H]2CCSCCCCO)c1. The zero-order valence-corrected chi connectivity index (χ0v) is 17.7. The minimum absolute atomic E-state index is 0.0961. The van der Waals surface area contributed by atoms with Crippen molar-refractivity contribution < 1.29 is 19.7 Å². The molecule has 0 bridgehead atoms. The second-order valence-electron chi connectivity index (χ2n) is 7.52. The fourth-order valence-electron chi connectivity index (χ4n) is 3.76. The highest BCUT2D eigenvalue weighted by Gasteiger charge is 2.32. The fourth-order valence-corrected chi connectivity index (χ4v) is 4.79. The molecule has 1 fully saturated rings. The van der Waals surface area contributed by atoms with Gasteiger partial charge in [-0.15, -0.1) is 0 Å². The van der Waals surface area contributed by atoms with E-state index in [1.807, 2.05) is 36.0 Å². The number of carbonyl (C=O) groups excluding carboxylic acids is 1. The van der Waals surface area contributed by atoms with Gasteiger partial charge in [0, 0.05) is 32.5 Å². The maximum absolute atomic E-state index is 12.2. The van der Waals surface area contributed by atoms with Crippen LogP contribution < -0.4 is 0 Å². The average molecular weight is 407 g/mol. The fraction of sp³-hybridized carbons (Fsp3) is 0.609. The lowest BCUT2D eigenvalue weighted by Gasteiger charge is -2.15. The first kappa shape index (κ1) is 23.1. The number of hydrogen-bond donors (Lipinski definition) is 2. The molecule has 28 heavy (non-hydrogen) atoms. The van der Waals surface area contributed by atoms with Gasteiger partial charge >= 0.3 is 0 Å². The molecular weight excluding hydrogens is 372 g/mol. The van der Waals surface area contributed by atoms with E-state index in [4.69, 9.17) is 9.84 Å². The van der Waals surface area contributed by atoms with Crippen molar-refractivity contribution in [3.8, 4) is 0 Å². The summed E-state index contributed by atoms with van der Waals surface area (Å²) in [6.07, 6.45) is 8.31. The van der Waals surface area contributed by atoms with E-state index >= 15 is 0 Å². The molecular formula is C23H34O4S. The summed E-state index contributed by atoms with van der Waals surface area (Å²) < 4.78 is 5.16. The Bertz CT molecular complexity index is 616. The van der Waals surface area contributed by atoms with Crippen LogP contribution in [0.4, 0.5) is 0 Å². The van der Waals surface area contributed by atoms with Crippen LogP contribution in [0.3, 0.4) is 0 Å². The van der Waals surface area contributed by atoms with Gasteiger partial charge in [0.25, 0.3) is 0 Å². The van der Waals surface area contributed by atoms with Crippen LogP contribution in [0.5, 0.6) is 0 Å². The third kappa shape index (κ3) is 8.08. The monoisotopic (exact) mass is 406 g/mol. The van der Waals surface area contributed by atoms with Gasteiger partial charge in [0.2, 0.25) is 0 Å². The van der Waals surface area contributed by atoms with Crippen LogP contribution in [0.1, 0.15) is 43.2 Å². The molecule has 0 heterocycles. The molecule has 1 saturated carbocycles. The molecule has 0 unspecified atom stereocenters. The maximum Gasteiger partial charge on any atom is 0.136 e. The number of benzene rings is 1. The third-order valence-electron chi connectivity index (χ3n) is 5.25. The smallest absolute Gasteiger partial charge is 0.136 e. The van der Waals surface area contributed by atoms with Crippen molar-refractivity contribution in [3.63, 3.8) is 0 Å². The molecule has 3 atom stereocenters. The molecule has 1 aromatic carbocycles. The number of allylic oxidation sites excluding steroid dienone is 1. The molecule has 0 aromatic heterocycles. The first-order valence-corrected chi connectivity index (χ1v) is 11.4.